The second kappa shape index (κ2) is 5.00. The van der Waals surface area contributed by atoms with Gasteiger partial charge in [0.15, 0.2) is 0 Å². The number of nitrogens with one attached hydrogen (secondary N) is 1. The van der Waals surface area contributed by atoms with Crippen molar-refractivity contribution in [1.82, 2.24) is 0 Å². The fourth-order valence-corrected chi connectivity index (χ4v) is 1.31. The van der Waals surface area contributed by atoms with Crippen LogP contribution in [0.15, 0.2) is 42.6 Å². The van der Waals surface area contributed by atoms with Crippen molar-refractivity contribution >= 4 is 11.4 Å². The summed E-state index contributed by atoms with van der Waals surface area (Å²) in [5.41, 5.74) is 13.5. The van der Waals surface area contributed by atoms with Gasteiger partial charge < -0.3 is 11.5 Å². The first-order valence-electron chi connectivity index (χ1n) is 4.68. The monoisotopic (exact) mass is 201 g/mol. The summed E-state index contributed by atoms with van der Waals surface area (Å²) in [4.78, 5) is 0. The third-order valence-corrected chi connectivity index (χ3v) is 2.12. The molecule has 0 radical (unpaired) electrons. The van der Waals surface area contributed by atoms with E-state index in [9.17, 15) is 0 Å². The van der Waals surface area contributed by atoms with Gasteiger partial charge in [-0.3, -0.25) is 5.41 Å². The molecule has 3 heteroatoms. The van der Waals surface area contributed by atoms with Gasteiger partial charge in [-0.1, -0.05) is 30.3 Å². The van der Waals surface area contributed by atoms with Crippen LogP contribution in [0.2, 0.25) is 0 Å². The van der Waals surface area contributed by atoms with Crippen molar-refractivity contribution in [2.45, 2.75) is 6.92 Å². The van der Waals surface area contributed by atoms with Crippen molar-refractivity contribution in [3.63, 3.8) is 0 Å². The number of nitrogen functional groups attached to an aromatic ring is 1. The van der Waals surface area contributed by atoms with Gasteiger partial charge in [0.05, 0.1) is 0 Å². The lowest BCUT2D eigenvalue weighted by atomic mass is 10.0. The highest BCUT2D eigenvalue weighted by Crippen LogP contribution is 2.16. The average Bonchev–Trinajstić information content (AvgIpc) is 2.26. The molecule has 1 aromatic carbocycles. The van der Waals surface area contributed by atoms with Crippen LogP contribution >= 0.6 is 0 Å². The Labute approximate surface area is 89.6 Å². The van der Waals surface area contributed by atoms with Crippen LogP contribution in [0, 0.1) is 5.41 Å². The van der Waals surface area contributed by atoms with Crippen molar-refractivity contribution in [3.8, 4) is 0 Å². The average molecular weight is 201 g/mol. The number of nitrogens with two attached hydrogens (primary N) is 2. The van der Waals surface area contributed by atoms with E-state index in [2.05, 4.69) is 0 Å². The van der Waals surface area contributed by atoms with E-state index in [1.165, 1.54) is 6.20 Å². The summed E-state index contributed by atoms with van der Waals surface area (Å²) in [7, 11) is 0. The molecule has 0 fully saturated rings. The summed E-state index contributed by atoms with van der Waals surface area (Å²) in [6.45, 7) is 1.95. The van der Waals surface area contributed by atoms with E-state index in [1.54, 1.807) is 0 Å². The second-order valence-corrected chi connectivity index (χ2v) is 3.09. The number of hydrogen-bond acceptors (Lipinski definition) is 2. The third kappa shape index (κ3) is 2.71. The minimum absolute atomic E-state index is 0.0814. The zero-order valence-electron chi connectivity index (χ0n) is 8.70. The van der Waals surface area contributed by atoms with Crippen molar-refractivity contribution in [2.24, 2.45) is 11.5 Å². The van der Waals surface area contributed by atoms with Crippen molar-refractivity contribution in [3.05, 3.63) is 53.7 Å². The van der Waals surface area contributed by atoms with Gasteiger partial charge >= 0.3 is 0 Å². The molecule has 0 aliphatic carbocycles. The molecule has 0 spiro atoms. The smallest absolute Gasteiger partial charge is 0.122 e. The van der Waals surface area contributed by atoms with Gasteiger partial charge in [0.2, 0.25) is 0 Å². The molecule has 5 N–H and O–H groups in total. The predicted octanol–water partition coefficient (Wildman–Crippen LogP) is 1.85. The lowest BCUT2D eigenvalue weighted by Gasteiger charge is -2.03. The van der Waals surface area contributed by atoms with Crippen molar-refractivity contribution in [1.29, 1.82) is 5.41 Å². The topological polar surface area (TPSA) is 75.9 Å². The number of amidine groups is 1. The number of benzene rings is 1. The van der Waals surface area contributed by atoms with Gasteiger partial charge in [-0.05, 0) is 30.3 Å². The highest BCUT2D eigenvalue weighted by Gasteiger charge is 1.98. The molecule has 0 aliphatic heterocycles. The first-order chi connectivity index (χ1) is 7.19. The highest BCUT2D eigenvalue weighted by atomic mass is 14.7. The maximum atomic E-state index is 7.27. The molecule has 1 aromatic rings. The van der Waals surface area contributed by atoms with E-state index in [4.69, 9.17) is 16.9 Å². The summed E-state index contributed by atoms with van der Waals surface area (Å²) in [6, 6.07) is 7.50. The van der Waals surface area contributed by atoms with E-state index >= 15 is 0 Å². The van der Waals surface area contributed by atoms with Gasteiger partial charge in [-0.25, -0.2) is 0 Å². The molecule has 1 rings (SSSR count). The standard InChI is InChI=1S/C12H15N3/c1-2-9(7-8-13)10-3-5-11(6-4-10)12(14)15/h2-8H,13H2,1H3,(H3,14,15)/b8-7-,9-2+. The molecule has 0 atom stereocenters. The molecule has 0 saturated heterocycles. The van der Waals surface area contributed by atoms with E-state index in [0.717, 1.165) is 16.7 Å². The van der Waals surface area contributed by atoms with Crippen LogP contribution in [0.1, 0.15) is 18.1 Å². The fourth-order valence-electron chi connectivity index (χ4n) is 1.31. The molecule has 15 heavy (non-hydrogen) atoms. The predicted molar refractivity (Wildman–Crippen MR) is 64.4 cm³/mol. The van der Waals surface area contributed by atoms with E-state index in [-0.39, 0.29) is 5.84 Å². The van der Waals surface area contributed by atoms with Gasteiger partial charge in [-0.2, -0.15) is 0 Å². The molecule has 0 saturated carbocycles. The maximum Gasteiger partial charge on any atom is 0.122 e. The third-order valence-electron chi connectivity index (χ3n) is 2.12. The molecule has 0 aliphatic rings. The minimum atomic E-state index is 0.0814. The van der Waals surface area contributed by atoms with Crippen LogP contribution < -0.4 is 11.5 Å². The zero-order chi connectivity index (χ0) is 11.3. The number of hydrogen-bond donors (Lipinski definition) is 3. The molecule has 78 valence electrons. The summed E-state index contributed by atoms with van der Waals surface area (Å²) < 4.78 is 0. The van der Waals surface area contributed by atoms with Crippen LogP contribution in [0.3, 0.4) is 0 Å². The van der Waals surface area contributed by atoms with Gasteiger partial charge in [0.25, 0.3) is 0 Å². The second-order valence-electron chi connectivity index (χ2n) is 3.09. The lowest BCUT2D eigenvalue weighted by molar-refractivity contribution is 1.42. The quantitative estimate of drug-likeness (QED) is 0.396. The molecule has 0 amide bonds. The van der Waals surface area contributed by atoms with Crippen LogP contribution in [0.25, 0.3) is 5.57 Å². The molecule has 0 aromatic heterocycles. The fraction of sp³-hybridized carbons (Fsp3) is 0.0833. The Kier molecular flexibility index (Phi) is 3.68. The van der Waals surface area contributed by atoms with Crippen LogP contribution in [-0.4, -0.2) is 5.84 Å². The van der Waals surface area contributed by atoms with Crippen LogP contribution in [0.4, 0.5) is 0 Å². The Morgan fingerprint density at radius 2 is 1.73 bits per heavy atom. The lowest BCUT2D eigenvalue weighted by Crippen LogP contribution is -2.10. The minimum Gasteiger partial charge on any atom is -0.405 e. The molecule has 0 bridgehead atoms. The van der Waals surface area contributed by atoms with Crippen molar-refractivity contribution in [2.75, 3.05) is 0 Å². The Hall–Kier alpha value is -2.03. The number of rotatable bonds is 3. The van der Waals surface area contributed by atoms with Gasteiger partial charge in [0.1, 0.15) is 5.84 Å². The summed E-state index contributed by atoms with van der Waals surface area (Å²) >= 11 is 0. The van der Waals surface area contributed by atoms with Gasteiger partial charge in [0, 0.05) is 5.56 Å². The largest absolute Gasteiger partial charge is 0.405 e. The molecule has 3 nitrogen and oxygen atoms in total. The first-order valence-corrected chi connectivity index (χ1v) is 4.68. The Morgan fingerprint density at radius 3 is 2.13 bits per heavy atom. The summed E-state index contributed by atoms with van der Waals surface area (Å²) in [5.74, 6) is 0.0814. The van der Waals surface area contributed by atoms with E-state index in [1.807, 2.05) is 43.3 Å². The Bertz CT molecular complexity index is 399. The summed E-state index contributed by atoms with van der Waals surface area (Å²) in [6.07, 6.45) is 5.32. The van der Waals surface area contributed by atoms with E-state index < -0.39 is 0 Å². The molecular weight excluding hydrogens is 186 g/mol. The maximum absolute atomic E-state index is 7.27. The zero-order valence-corrected chi connectivity index (χ0v) is 8.70. The highest BCUT2D eigenvalue weighted by molar-refractivity contribution is 5.95. The van der Waals surface area contributed by atoms with Crippen molar-refractivity contribution < 1.29 is 0 Å². The normalized spacial score (nSPS) is 11.9. The number of allylic oxidation sites excluding steroid dienone is 3. The van der Waals surface area contributed by atoms with Crippen LogP contribution in [0.5, 0.6) is 0 Å². The molecular formula is C12H15N3. The molecule has 0 heterocycles. The Balaban J connectivity index is 3.02. The van der Waals surface area contributed by atoms with Crippen LogP contribution in [-0.2, 0) is 0 Å². The van der Waals surface area contributed by atoms with E-state index in [0.29, 0.717) is 0 Å². The first kappa shape index (κ1) is 11.0. The van der Waals surface area contributed by atoms with Gasteiger partial charge in [-0.15, -0.1) is 0 Å². The summed E-state index contributed by atoms with van der Waals surface area (Å²) in [5, 5.41) is 7.27. The Morgan fingerprint density at radius 1 is 1.20 bits per heavy atom. The SMILES string of the molecule is C/C=C(\C=C/N)c1ccc(C(=N)N)cc1. The molecule has 0 unspecified atom stereocenters.